The fourth-order valence-electron chi connectivity index (χ4n) is 1.88. The Morgan fingerprint density at radius 2 is 2.07 bits per heavy atom. The summed E-state index contributed by atoms with van der Waals surface area (Å²) in [5, 5.41) is 3.47. The molecular formula is C12H18N2O. The van der Waals surface area contributed by atoms with Crippen LogP contribution < -0.4 is 11.1 Å². The summed E-state index contributed by atoms with van der Waals surface area (Å²) >= 11 is 0. The second kappa shape index (κ2) is 4.53. The number of nitrogen functional groups attached to an aromatic ring is 1. The van der Waals surface area contributed by atoms with Crippen molar-refractivity contribution in [2.45, 2.75) is 25.8 Å². The van der Waals surface area contributed by atoms with E-state index in [2.05, 4.69) is 24.4 Å². The topological polar surface area (TPSA) is 47.3 Å². The lowest BCUT2D eigenvalue weighted by Crippen LogP contribution is -2.28. The summed E-state index contributed by atoms with van der Waals surface area (Å²) in [4.78, 5) is 0. The molecule has 15 heavy (non-hydrogen) atoms. The Labute approximate surface area is 90.6 Å². The number of hydrogen-bond donors (Lipinski definition) is 2. The smallest absolute Gasteiger partial charge is 0.0576 e. The number of nitrogens with one attached hydrogen (secondary N) is 1. The first kappa shape index (κ1) is 10.3. The van der Waals surface area contributed by atoms with Crippen molar-refractivity contribution in [2.24, 2.45) is 0 Å². The van der Waals surface area contributed by atoms with E-state index in [1.807, 2.05) is 6.07 Å². The average Bonchev–Trinajstić information content (AvgIpc) is 2.24. The van der Waals surface area contributed by atoms with Crippen molar-refractivity contribution >= 4 is 11.4 Å². The van der Waals surface area contributed by atoms with E-state index in [9.17, 15) is 0 Å². The molecule has 1 aliphatic heterocycles. The summed E-state index contributed by atoms with van der Waals surface area (Å²) in [5.74, 6) is 0. The zero-order chi connectivity index (χ0) is 10.7. The van der Waals surface area contributed by atoms with Gasteiger partial charge in [-0.2, -0.15) is 0 Å². The second-order valence-corrected chi connectivity index (χ2v) is 4.12. The molecule has 1 aliphatic rings. The van der Waals surface area contributed by atoms with Crippen LogP contribution in [-0.2, 0) is 4.74 Å². The van der Waals surface area contributed by atoms with Crippen molar-refractivity contribution in [2.75, 3.05) is 24.3 Å². The number of hydrogen-bond acceptors (Lipinski definition) is 3. The van der Waals surface area contributed by atoms with Crippen LogP contribution in [0.4, 0.5) is 11.4 Å². The lowest BCUT2D eigenvalue weighted by Gasteiger charge is -2.24. The van der Waals surface area contributed by atoms with Gasteiger partial charge in [-0.3, -0.25) is 0 Å². The van der Waals surface area contributed by atoms with Crippen LogP contribution in [0, 0.1) is 6.92 Å². The van der Waals surface area contributed by atoms with Crippen molar-refractivity contribution in [1.29, 1.82) is 0 Å². The molecule has 3 nitrogen and oxygen atoms in total. The maximum atomic E-state index is 5.94. The minimum Gasteiger partial charge on any atom is -0.397 e. The van der Waals surface area contributed by atoms with Crippen molar-refractivity contribution in [3.63, 3.8) is 0 Å². The van der Waals surface area contributed by atoms with Crippen molar-refractivity contribution in [3.8, 4) is 0 Å². The lowest BCUT2D eigenvalue weighted by molar-refractivity contribution is 0.0904. The third kappa shape index (κ3) is 2.63. The van der Waals surface area contributed by atoms with Gasteiger partial charge in [0.05, 0.1) is 11.4 Å². The molecule has 82 valence electrons. The number of rotatable bonds is 2. The third-order valence-corrected chi connectivity index (χ3v) is 2.79. The van der Waals surface area contributed by atoms with Gasteiger partial charge in [0.2, 0.25) is 0 Å². The molecule has 1 aromatic rings. The molecule has 3 N–H and O–H groups in total. The fourth-order valence-corrected chi connectivity index (χ4v) is 1.88. The molecule has 1 aromatic carbocycles. The Balaban J connectivity index is 2.03. The highest BCUT2D eigenvalue weighted by molar-refractivity contribution is 5.67. The van der Waals surface area contributed by atoms with Gasteiger partial charge >= 0.3 is 0 Å². The zero-order valence-corrected chi connectivity index (χ0v) is 9.12. The minimum atomic E-state index is 0.503. The normalized spacial score (nSPS) is 17.7. The average molecular weight is 206 g/mol. The summed E-state index contributed by atoms with van der Waals surface area (Å²) in [6.45, 7) is 3.75. The third-order valence-electron chi connectivity index (χ3n) is 2.79. The molecule has 0 bridgehead atoms. The first-order valence-electron chi connectivity index (χ1n) is 5.46. The van der Waals surface area contributed by atoms with Crippen LogP contribution in [-0.4, -0.2) is 19.3 Å². The Morgan fingerprint density at radius 1 is 1.33 bits per heavy atom. The molecule has 0 atom stereocenters. The number of aryl methyl sites for hydroxylation is 1. The molecule has 0 saturated carbocycles. The van der Waals surface area contributed by atoms with E-state index in [-0.39, 0.29) is 0 Å². The first-order valence-corrected chi connectivity index (χ1v) is 5.46. The molecule has 0 aromatic heterocycles. The molecule has 0 amide bonds. The van der Waals surface area contributed by atoms with Gasteiger partial charge in [-0.1, -0.05) is 6.07 Å². The van der Waals surface area contributed by atoms with Crippen LogP contribution in [0.1, 0.15) is 18.4 Å². The van der Waals surface area contributed by atoms with E-state index in [0.717, 1.165) is 37.4 Å². The Kier molecular flexibility index (Phi) is 3.11. The van der Waals surface area contributed by atoms with E-state index in [0.29, 0.717) is 6.04 Å². The van der Waals surface area contributed by atoms with E-state index in [1.54, 1.807) is 0 Å². The molecule has 2 rings (SSSR count). The largest absolute Gasteiger partial charge is 0.397 e. The highest BCUT2D eigenvalue weighted by Gasteiger charge is 2.13. The van der Waals surface area contributed by atoms with Crippen LogP contribution in [0.3, 0.4) is 0 Å². The summed E-state index contributed by atoms with van der Waals surface area (Å²) in [5.41, 5.74) is 9.03. The minimum absolute atomic E-state index is 0.503. The van der Waals surface area contributed by atoms with Gasteiger partial charge in [0.1, 0.15) is 0 Å². The molecule has 0 radical (unpaired) electrons. The lowest BCUT2D eigenvalue weighted by atomic mass is 10.1. The van der Waals surface area contributed by atoms with Crippen LogP contribution in [0.25, 0.3) is 0 Å². The van der Waals surface area contributed by atoms with E-state index >= 15 is 0 Å². The molecule has 0 unspecified atom stereocenters. The summed E-state index contributed by atoms with van der Waals surface area (Å²) in [7, 11) is 0. The fraction of sp³-hybridized carbons (Fsp3) is 0.500. The molecule has 1 saturated heterocycles. The van der Waals surface area contributed by atoms with Gasteiger partial charge in [-0.15, -0.1) is 0 Å². The second-order valence-electron chi connectivity index (χ2n) is 4.12. The predicted molar refractivity (Wildman–Crippen MR) is 63.1 cm³/mol. The highest BCUT2D eigenvalue weighted by Crippen LogP contribution is 2.22. The number of benzene rings is 1. The van der Waals surface area contributed by atoms with E-state index < -0.39 is 0 Å². The summed E-state index contributed by atoms with van der Waals surface area (Å²) in [6, 6.07) is 6.64. The summed E-state index contributed by atoms with van der Waals surface area (Å²) < 4.78 is 5.32. The van der Waals surface area contributed by atoms with E-state index in [1.165, 1.54) is 5.56 Å². The Bertz CT molecular complexity index is 332. The summed E-state index contributed by atoms with van der Waals surface area (Å²) in [6.07, 6.45) is 2.13. The molecule has 3 heteroatoms. The van der Waals surface area contributed by atoms with Gasteiger partial charge < -0.3 is 15.8 Å². The van der Waals surface area contributed by atoms with Crippen LogP contribution in [0.2, 0.25) is 0 Å². The van der Waals surface area contributed by atoms with Crippen LogP contribution in [0.5, 0.6) is 0 Å². The maximum Gasteiger partial charge on any atom is 0.0576 e. The Morgan fingerprint density at radius 3 is 2.73 bits per heavy atom. The van der Waals surface area contributed by atoms with Crippen molar-refractivity contribution in [1.82, 2.24) is 0 Å². The highest BCUT2D eigenvalue weighted by atomic mass is 16.5. The molecule has 1 fully saturated rings. The molecule has 1 heterocycles. The Hall–Kier alpha value is -1.22. The molecular weight excluding hydrogens is 188 g/mol. The van der Waals surface area contributed by atoms with Crippen molar-refractivity contribution < 1.29 is 4.74 Å². The first-order chi connectivity index (χ1) is 7.25. The van der Waals surface area contributed by atoms with Crippen LogP contribution in [0.15, 0.2) is 18.2 Å². The monoisotopic (exact) mass is 206 g/mol. The van der Waals surface area contributed by atoms with Gasteiger partial charge in [0.25, 0.3) is 0 Å². The molecule has 0 spiro atoms. The van der Waals surface area contributed by atoms with Gasteiger partial charge in [-0.05, 0) is 37.5 Å². The standard InChI is InChI=1S/C12H18N2O/c1-9-2-3-12(11(13)8-9)14-10-4-6-15-7-5-10/h2-3,8,10,14H,4-7,13H2,1H3. The number of ether oxygens (including phenoxy) is 1. The van der Waals surface area contributed by atoms with E-state index in [4.69, 9.17) is 10.5 Å². The van der Waals surface area contributed by atoms with Gasteiger partial charge in [0, 0.05) is 19.3 Å². The zero-order valence-electron chi connectivity index (χ0n) is 9.12. The SMILES string of the molecule is Cc1ccc(NC2CCOCC2)c(N)c1. The van der Waals surface area contributed by atoms with Crippen molar-refractivity contribution in [3.05, 3.63) is 23.8 Å². The number of nitrogens with two attached hydrogens (primary N) is 1. The maximum absolute atomic E-state index is 5.94. The molecule has 0 aliphatic carbocycles. The quantitative estimate of drug-likeness (QED) is 0.729. The van der Waals surface area contributed by atoms with Crippen LogP contribution >= 0.6 is 0 Å². The number of anilines is 2. The van der Waals surface area contributed by atoms with Gasteiger partial charge in [-0.25, -0.2) is 0 Å². The predicted octanol–water partition coefficient (Wildman–Crippen LogP) is 2.17. The van der Waals surface area contributed by atoms with Gasteiger partial charge in [0.15, 0.2) is 0 Å².